The SMILES string of the molecule is CC(COC[C@H](Cc1ccc(O)cc1)NC(=O)CCc1ccccc1)OCCO. The molecule has 0 saturated carbocycles. The third-order valence-corrected chi connectivity index (χ3v) is 4.43. The zero-order chi connectivity index (χ0) is 20.9. The van der Waals surface area contributed by atoms with Gasteiger partial charge >= 0.3 is 0 Å². The Hall–Kier alpha value is -2.41. The summed E-state index contributed by atoms with van der Waals surface area (Å²) < 4.78 is 11.1. The van der Waals surface area contributed by atoms with Gasteiger partial charge in [-0.2, -0.15) is 0 Å². The van der Waals surface area contributed by atoms with Crippen LogP contribution in [-0.4, -0.2) is 54.7 Å². The van der Waals surface area contributed by atoms with Crippen molar-refractivity contribution in [1.29, 1.82) is 0 Å². The molecular formula is C23H31NO5. The fourth-order valence-electron chi connectivity index (χ4n) is 2.95. The molecule has 6 heteroatoms. The van der Waals surface area contributed by atoms with Gasteiger partial charge in [-0.05, 0) is 43.0 Å². The third kappa shape index (κ3) is 9.56. The number of aryl methyl sites for hydroxylation is 1. The first-order valence-corrected chi connectivity index (χ1v) is 9.98. The second-order valence-electron chi connectivity index (χ2n) is 7.06. The Balaban J connectivity index is 1.86. The minimum absolute atomic E-state index is 0.0224. The molecule has 158 valence electrons. The number of aliphatic hydroxyl groups is 1. The molecule has 0 heterocycles. The molecule has 29 heavy (non-hydrogen) atoms. The zero-order valence-electron chi connectivity index (χ0n) is 16.9. The third-order valence-electron chi connectivity index (χ3n) is 4.43. The number of aromatic hydroxyl groups is 1. The number of amides is 1. The molecule has 0 radical (unpaired) electrons. The maximum Gasteiger partial charge on any atom is 0.220 e. The second-order valence-corrected chi connectivity index (χ2v) is 7.06. The van der Waals surface area contributed by atoms with Crippen LogP contribution in [0.5, 0.6) is 5.75 Å². The summed E-state index contributed by atoms with van der Waals surface area (Å²) in [4.78, 5) is 12.5. The molecule has 0 fully saturated rings. The molecule has 0 aliphatic rings. The molecule has 6 nitrogen and oxygen atoms in total. The van der Waals surface area contributed by atoms with Gasteiger partial charge in [0.1, 0.15) is 5.75 Å². The second kappa shape index (κ2) is 12.9. The number of benzene rings is 2. The number of phenolic OH excluding ortho intramolecular Hbond substituents is 1. The molecule has 0 spiro atoms. The van der Waals surface area contributed by atoms with Crippen LogP contribution in [0.3, 0.4) is 0 Å². The van der Waals surface area contributed by atoms with E-state index in [1.165, 1.54) is 0 Å². The molecule has 0 bridgehead atoms. The molecule has 0 aliphatic carbocycles. The average molecular weight is 402 g/mol. The van der Waals surface area contributed by atoms with Crippen molar-refractivity contribution < 1.29 is 24.5 Å². The predicted molar refractivity (Wildman–Crippen MR) is 112 cm³/mol. The van der Waals surface area contributed by atoms with Gasteiger partial charge in [0.25, 0.3) is 0 Å². The number of aliphatic hydroxyl groups excluding tert-OH is 1. The highest BCUT2D eigenvalue weighted by Crippen LogP contribution is 2.12. The van der Waals surface area contributed by atoms with E-state index in [0.29, 0.717) is 32.5 Å². The van der Waals surface area contributed by atoms with Crippen molar-refractivity contribution in [2.24, 2.45) is 0 Å². The summed E-state index contributed by atoms with van der Waals surface area (Å²) in [5.41, 5.74) is 2.13. The van der Waals surface area contributed by atoms with E-state index >= 15 is 0 Å². The van der Waals surface area contributed by atoms with Crippen molar-refractivity contribution in [3.05, 3.63) is 65.7 Å². The van der Waals surface area contributed by atoms with Crippen LogP contribution in [0.15, 0.2) is 54.6 Å². The van der Waals surface area contributed by atoms with Crippen LogP contribution in [0.25, 0.3) is 0 Å². The monoisotopic (exact) mass is 401 g/mol. The predicted octanol–water partition coefficient (Wildman–Crippen LogP) is 2.47. The first-order chi connectivity index (χ1) is 14.1. The summed E-state index contributed by atoms with van der Waals surface area (Å²) in [6.07, 6.45) is 1.56. The minimum Gasteiger partial charge on any atom is -0.508 e. The molecule has 2 rings (SSSR count). The van der Waals surface area contributed by atoms with E-state index in [0.717, 1.165) is 11.1 Å². The van der Waals surface area contributed by atoms with E-state index in [9.17, 15) is 9.90 Å². The Morgan fingerprint density at radius 2 is 1.76 bits per heavy atom. The molecule has 0 saturated heterocycles. The number of carbonyl (C=O) groups excluding carboxylic acids is 1. The fourth-order valence-corrected chi connectivity index (χ4v) is 2.95. The van der Waals surface area contributed by atoms with Crippen LogP contribution in [0, 0.1) is 0 Å². The van der Waals surface area contributed by atoms with Crippen LogP contribution in [0.4, 0.5) is 0 Å². The van der Waals surface area contributed by atoms with Crippen LogP contribution < -0.4 is 5.32 Å². The highest BCUT2D eigenvalue weighted by atomic mass is 16.5. The van der Waals surface area contributed by atoms with E-state index in [1.54, 1.807) is 12.1 Å². The highest BCUT2D eigenvalue weighted by molar-refractivity contribution is 5.76. The van der Waals surface area contributed by atoms with Gasteiger partial charge in [-0.15, -0.1) is 0 Å². The summed E-state index contributed by atoms with van der Waals surface area (Å²) in [6, 6.07) is 16.7. The van der Waals surface area contributed by atoms with Crippen LogP contribution in [-0.2, 0) is 27.1 Å². The summed E-state index contributed by atoms with van der Waals surface area (Å²) in [5, 5.41) is 21.3. The molecule has 3 N–H and O–H groups in total. The summed E-state index contributed by atoms with van der Waals surface area (Å²) in [7, 11) is 0. The van der Waals surface area contributed by atoms with Gasteiger partial charge in [0, 0.05) is 6.42 Å². The lowest BCUT2D eigenvalue weighted by atomic mass is 10.1. The van der Waals surface area contributed by atoms with Crippen LogP contribution >= 0.6 is 0 Å². The molecule has 1 unspecified atom stereocenters. The Morgan fingerprint density at radius 1 is 1.03 bits per heavy atom. The van der Waals surface area contributed by atoms with Crippen LogP contribution in [0.2, 0.25) is 0 Å². The van der Waals surface area contributed by atoms with Crippen molar-refractivity contribution >= 4 is 5.91 Å². The fraction of sp³-hybridized carbons (Fsp3) is 0.435. The topological polar surface area (TPSA) is 88.0 Å². The lowest BCUT2D eigenvalue weighted by Crippen LogP contribution is -2.40. The Kier molecular flexibility index (Phi) is 10.2. The largest absolute Gasteiger partial charge is 0.508 e. The number of carbonyl (C=O) groups is 1. The van der Waals surface area contributed by atoms with Crippen molar-refractivity contribution in [2.75, 3.05) is 26.4 Å². The lowest BCUT2D eigenvalue weighted by Gasteiger charge is -2.21. The Bertz CT molecular complexity index is 705. The van der Waals surface area contributed by atoms with Crippen molar-refractivity contribution in [2.45, 2.75) is 38.3 Å². The molecular weight excluding hydrogens is 370 g/mol. The van der Waals surface area contributed by atoms with Gasteiger partial charge in [0.05, 0.1) is 38.6 Å². The summed E-state index contributed by atoms with van der Waals surface area (Å²) in [6.45, 7) is 2.86. The number of hydrogen-bond donors (Lipinski definition) is 3. The normalized spacial score (nSPS) is 13.0. The summed E-state index contributed by atoms with van der Waals surface area (Å²) >= 11 is 0. The zero-order valence-corrected chi connectivity index (χ0v) is 16.9. The first-order valence-electron chi connectivity index (χ1n) is 9.98. The molecule has 0 aliphatic heterocycles. The van der Waals surface area contributed by atoms with Gasteiger partial charge in [0.2, 0.25) is 5.91 Å². The van der Waals surface area contributed by atoms with Gasteiger partial charge in [-0.1, -0.05) is 42.5 Å². The average Bonchev–Trinajstić information content (AvgIpc) is 2.73. The van der Waals surface area contributed by atoms with Crippen LogP contribution in [0.1, 0.15) is 24.5 Å². The molecule has 2 aromatic carbocycles. The standard InChI is InChI=1S/C23H31NO5/c1-18(29-14-13-25)16-28-17-21(15-20-7-10-22(26)11-8-20)24-23(27)12-9-19-5-3-2-4-6-19/h2-8,10-11,18,21,25-26H,9,12-17H2,1H3,(H,24,27)/t18?,21-/m0/s1. The number of hydrogen-bond acceptors (Lipinski definition) is 5. The number of ether oxygens (including phenoxy) is 2. The van der Waals surface area contributed by atoms with Crippen molar-refractivity contribution in [3.8, 4) is 5.75 Å². The smallest absolute Gasteiger partial charge is 0.220 e. The van der Waals surface area contributed by atoms with Gasteiger partial charge in [-0.3, -0.25) is 4.79 Å². The quantitative estimate of drug-likeness (QED) is 0.480. The van der Waals surface area contributed by atoms with Crippen molar-refractivity contribution in [3.63, 3.8) is 0 Å². The van der Waals surface area contributed by atoms with E-state index in [2.05, 4.69) is 5.32 Å². The lowest BCUT2D eigenvalue weighted by molar-refractivity contribution is -0.122. The highest BCUT2D eigenvalue weighted by Gasteiger charge is 2.15. The summed E-state index contributed by atoms with van der Waals surface area (Å²) in [5.74, 6) is 0.189. The van der Waals surface area contributed by atoms with E-state index in [4.69, 9.17) is 14.6 Å². The van der Waals surface area contributed by atoms with E-state index in [-0.39, 0.29) is 37.0 Å². The van der Waals surface area contributed by atoms with E-state index in [1.807, 2.05) is 49.4 Å². The number of nitrogens with one attached hydrogen (secondary N) is 1. The molecule has 2 aromatic rings. The van der Waals surface area contributed by atoms with E-state index < -0.39 is 0 Å². The maximum absolute atomic E-state index is 12.5. The maximum atomic E-state index is 12.5. The van der Waals surface area contributed by atoms with Gasteiger partial charge in [-0.25, -0.2) is 0 Å². The number of rotatable bonds is 13. The Morgan fingerprint density at radius 3 is 2.45 bits per heavy atom. The van der Waals surface area contributed by atoms with Crippen molar-refractivity contribution in [1.82, 2.24) is 5.32 Å². The van der Waals surface area contributed by atoms with Gasteiger partial charge < -0.3 is 25.0 Å². The molecule has 1 amide bonds. The molecule has 2 atom stereocenters. The molecule has 0 aromatic heterocycles. The Labute approximate surface area is 172 Å². The minimum atomic E-state index is -0.187. The first kappa shape index (κ1) is 22.9. The number of phenols is 1. The van der Waals surface area contributed by atoms with Gasteiger partial charge in [0.15, 0.2) is 0 Å².